The molecule has 0 spiro atoms. The first-order chi connectivity index (χ1) is 13.6. The van der Waals surface area contributed by atoms with Crippen LogP contribution in [0.4, 0.5) is 5.69 Å². The van der Waals surface area contributed by atoms with Gasteiger partial charge in [-0.05, 0) is 31.0 Å². The van der Waals surface area contributed by atoms with E-state index in [0.717, 1.165) is 12.8 Å². The first-order valence-corrected chi connectivity index (χ1v) is 10.7. The van der Waals surface area contributed by atoms with Crippen LogP contribution >= 0.6 is 11.6 Å². The van der Waals surface area contributed by atoms with Crippen LogP contribution in [0.25, 0.3) is 0 Å². The van der Waals surface area contributed by atoms with Crippen molar-refractivity contribution in [2.45, 2.75) is 77.6 Å². The Morgan fingerprint density at radius 1 is 0.964 bits per heavy atom. The summed E-state index contributed by atoms with van der Waals surface area (Å²) in [6, 6.07) is 5.02. The summed E-state index contributed by atoms with van der Waals surface area (Å²) in [7, 11) is 1.53. The lowest BCUT2D eigenvalue weighted by molar-refractivity contribution is -0.143. The highest BCUT2D eigenvalue weighted by molar-refractivity contribution is 6.31. The van der Waals surface area contributed by atoms with Crippen LogP contribution in [0.2, 0.25) is 5.02 Å². The highest BCUT2D eigenvalue weighted by Crippen LogP contribution is 2.27. The topological polar surface area (TPSA) is 64.6 Å². The number of unbranched alkanes of at least 4 members (excludes halogenated alkanes) is 7. The summed E-state index contributed by atoms with van der Waals surface area (Å²) in [5.41, 5.74) is 0.525. The summed E-state index contributed by atoms with van der Waals surface area (Å²) in [6.45, 7) is 2.69. The molecule has 5 nitrogen and oxygen atoms in total. The van der Waals surface area contributed by atoms with Crippen molar-refractivity contribution in [3.63, 3.8) is 0 Å². The Hall–Kier alpha value is -1.75. The molecule has 1 N–H and O–H groups in total. The molecule has 0 bridgehead atoms. The second-order valence-corrected chi connectivity index (χ2v) is 7.38. The van der Waals surface area contributed by atoms with E-state index in [0.29, 0.717) is 29.5 Å². The lowest BCUT2D eigenvalue weighted by Gasteiger charge is -2.10. The first-order valence-electron chi connectivity index (χ1n) is 10.4. The Morgan fingerprint density at radius 3 is 2.32 bits per heavy atom. The Labute approximate surface area is 174 Å². The molecule has 0 aromatic heterocycles. The predicted octanol–water partition coefficient (Wildman–Crippen LogP) is 6.14. The van der Waals surface area contributed by atoms with Gasteiger partial charge in [0.2, 0.25) is 5.91 Å². The Bertz CT molecular complexity index is 592. The third-order valence-corrected chi connectivity index (χ3v) is 4.72. The van der Waals surface area contributed by atoms with Crippen LogP contribution in [0.5, 0.6) is 5.75 Å². The molecule has 0 unspecified atom stereocenters. The molecule has 0 saturated heterocycles. The van der Waals surface area contributed by atoms with E-state index in [2.05, 4.69) is 12.2 Å². The van der Waals surface area contributed by atoms with Gasteiger partial charge in [-0.3, -0.25) is 9.59 Å². The number of carbonyl (C=O) groups is 2. The highest BCUT2D eigenvalue weighted by Gasteiger charge is 2.10. The molecule has 1 aromatic rings. The van der Waals surface area contributed by atoms with E-state index < -0.39 is 0 Å². The molecule has 0 saturated carbocycles. The normalized spacial score (nSPS) is 10.5. The molecular weight excluding hydrogens is 378 g/mol. The summed E-state index contributed by atoms with van der Waals surface area (Å²) in [4.78, 5) is 23.8. The van der Waals surface area contributed by atoms with Crippen molar-refractivity contribution in [2.75, 3.05) is 19.0 Å². The van der Waals surface area contributed by atoms with E-state index in [4.69, 9.17) is 21.1 Å². The zero-order chi connectivity index (χ0) is 20.6. The number of carbonyl (C=O) groups excluding carboxylic acids is 2. The van der Waals surface area contributed by atoms with Gasteiger partial charge < -0.3 is 14.8 Å². The van der Waals surface area contributed by atoms with Gasteiger partial charge in [-0.1, -0.05) is 63.5 Å². The van der Waals surface area contributed by atoms with Gasteiger partial charge in [0.25, 0.3) is 0 Å². The Morgan fingerprint density at radius 2 is 1.64 bits per heavy atom. The number of methoxy groups -OCH3 is 1. The SMILES string of the molecule is CCCCCCCCCCOC(=O)CCCC(=O)Nc1cc(Cl)ccc1OC. The summed E-state index contributed by atoms with van der Waals surface area (Å²) >= 11 is 5.94. The minimum atomic E-state index is -0.240. The van der Waals surface area contributed by atoms with Crippen molar-refractivity contribution in [1.82, 2.24) is 0 Å². The molecule has 0 radical (unpaired) electrons. The standard InChI is InChI=1S/C22H34ClNO4/c1-3-4-5-6-7-8-9-10-16-28-22(26)13-11-12-21(25)24-19-17-18(23)14-15-20(19)27-2/h14-15,17H,3-13,16H2,1-2H3,(H,24,25). The molecule has 0 fully saturated rings. The van der Waals surface area contributed by atoms with E-state index >= 15 is 0 Å². The minimum absolute atomic E-state index is 0.184. The molecular formula is C22H34ClNO4. The molecule has 28 heavy (non-hydrogen) atoms. The van der Waals surface area contributed by atoms with E-state index in [9.17, 15) is 9.59 Å². The van der Waals surface area contributed by atoms with Crippen LogP contribution in [0.15, 0.2) is 18.2 Å². The Balaban J connectivity index is 2.08. The van der Waals surface area contributed by atoms with E-state index in [1.54, 1.807) is 18.2 Å². The van der Waals surface area contributed by atoms with Gasteiger partial charge in [-0.2, -0.15) is 0 Å². The summed E-state index contributed by atoms with van der Waals surface area (Å²) in [6.07, 6.45) is 10.6. The van der Waals surface area contributed by atoms with Gasteiger partial charge in [-0.25, -0.2) is 0 Å². The fourth-order valence-corrected chi connectivity index (χ4v) is 3.05. The maximum absolute atomic E-state index is 12.0. The molecule has 0 heterocycles. The van der Waals surface area contributed by atoms with Gasteiger partial charge in [0, 0.05) is 17.9 Å². The van der Waals surface area contributed by atoms with Crippen molar-refractivity contribution in [3.05, 3.63) is 23.2 Å². The van der Waals surface area contributed by atoms with Crippen LogP contribution in [-0.2, 0) is 14.3 Å². The number of ether oxygens (including phenoxy) is 2. The largest absolute Gasteiger partial charge is 0.495 e. The first kappa shape index (κ1) is 24.3. The van der Waals surface area contributed by atoms with Crippen LogP contribution < -0.4 is 10.1 Å². The van der Waals surface area contributed by atoms with Gasteiger partial charge in [-0.15, -0.1) is 0 Å². The lowest BCUT2D eigenvalue weighted by Crippen LogP contribution is -2.13. The summed E-state index contributed by atoms with van der Waals surface area (Å²) in [5, 5.41) is 3.27. The van der Waals surface area contributed by atoms with Crippen molar-refractivity contribution >= 4 is 29.2 Å². The van der Waals surface area contributed by atoms with Crippen molar-refractivity contribution in [1.29, 1.82) is 0 Å². The maximum Gasteiger partial charge on any atom is 0.305 e. The molecule has 0 aliphatic heterocycles. The van der Waals surface area contributed by atoms with Crippen LogP contribution in [0.3, 0.4) is 0 Å². The fourth-order valence-electron chi connectivity index (χ4n) is 2.88. The smallest absolute Gasteiger partial charge is 0.305 e. The summed E-state index contributed by atoms with van der Waals surface area (Å²) < 4.78 is 10.4. The average Bonchev–Trinajstić information content (AvgIpc) is 2.67. The number of amides is 1. The van der Waals surface area contributed by atoms with Gasteiger partial charge in [0.15, 0.2) is 0 Å². The lowest BCUT2D eigenvalue weighted by atomic mass is 10.1. The van der Waals surface area contributed by atoms with Gasteiger partial charge in [0.1, 0.15) is 5.75 Å². The van der Waals surface area contributed by atoms with Crippen LogP contribution in [0.1, 0.15) is 77.6 Å². The number of hydrogen-bond acceptors (Lipinski definition) is 4. The molecule has 6 heteroatoms. The molecule has 0 aliphatic rings. The highest BCUT2D eigenvalue weighted by atomic mass is 35.5. The second kappa shape index (κ2) is 15.2. The second-order valence-electron chi connectivity index (χ2n) is 6.94. The molecule has 1 amide bonds. The van der Waals surface area contributed by atoms with Crippen molar-refractivity contribution in [2.24, 2.45) is 0 Å². The molecule has 0 aliphatic carbocycles. The van der Waals surface area contributed by atoms with Gasteiger partial charge >= 0.3 is 5.97 Å². The molecule has 1 rings (SSSR count). The van der Waals surface area contributed by atoms with E-state index in [1.807, 2.05) is 0 Å². The fraction of sp³-hybridized carbons (Fsp3) is 0.636. The predicted molar refractivity (Wildman–Crippen MR) is 114 cm³/mol. The number of halogens is 1. The maximum atomic E-state index is 12.0. The monoisotopic (exact) mass is 411 g/mol. The average molecular weight is 412 g/mol. The third-order valence-electron chi connectivity index (χ3n) is 4.48. The minimum Gasteiger partial charge on any atom is -0.495 e. The Kier molecular flexibility index (Phi) is 13.2. The van der Waals surface area contributed by atoms with Crippen molar-refractivity contribution in [3.8, 4) is 5.75 Å². The number of nitrogens with one attached hydrogen (secondary N) is 1. The zero-order valence-electron chi connectivity index (χ0n) is 17.2. The molecule has 158 valence electrons. The molecule has 0 atom stereocenters. The number of benzene rings is 1. The van der Waals surface area contributed by atoms with Gasteiger partial charge in [0.05, 0.1) is 19.4 Å². The summed E-state index contributed by atoms with van der Waals surface area (Å²) in [5.74, 6) is 0.120. The van der Waals surface area contributed by atoms with E-state index in [1.165, 1.54) is 45.6 Å². The molecule has 1 aromatic carbocycles. The number of anilines is 1. The van der Waals surface area contributed by atoms with E-state index in [-0.39, 0.29) is 24.7 Å². The quantitative estimate of drug-likeness (QED) is 0.278. The van der Waals surface area contributed by atoms with Crippen LogP contribution in [-0.4, -0.2) is 25.6 Å². The number of esters is 1. The number of hydrogen-bond donors (Lipinski definition) is 1. The van der Waals surface area contributed by atoms with Crippen molar-refractivity contribution < 1.29 is 19.1 Å². The van der Waals surface area contributed by atoms with Crippen LogP contribution in [0, 0.1) is 0 Å². The number of rotatable bonds is 15. The third kappa shape index (κ3) is 11.2. The zero-order valence-corrected chi connectivity index (χ0v) is 18.0.